The number of thiazole rings is 1. The molecule has 5 heteroatoms. The number of hydrogen-bond donors (Lipinski definition) is 1. The van der Waals surface area contributed by atoms with Crippen LogP contribution in [0.15, 0.2) is 23.0 Å². The van der Waals surface area contributed by atoms with Gasteiger partial charge in [0.15, 0.2) is 0 Å². The predicted molar refractivity (Wildman–Crippen MR) is 80.5 cm³/mol. The van der Waals surface area contributed by atoms with E-state index in [0.29, 0.717) is 0 Å². The maximum Gasteiger partial charge on any atom is 0.307 e. The molecular weight excluding hydrogens is 274 g/mol. The zero-order valence-electron chi connectivity index (χ0n) is 11.8. The summed E-state index contributed by atoms with van der Waals surface area (Å²) < 4.78 is 1.57. The molecular formula is C15H17NO3S. The van der Waals surface area contributed by atoms with Crippen molar-refractivity contribution in [3.8, 4) is 11.3 Å². The fourth-order valence-electron chi connectivity index (χ4n) is 2.17. The van der Waals surface area contributed by atoms with Gasteiger partial charge < -0.3 is 5.11 Å². The molecule has 0 fully saturated rings. The average Bonchev–Trinajstić information content (AvgIpc) is 2.65. The molecule has 0 saturated carbocycles. The average molecular weight is 291 g/mol. The van der Waals surface area contributed by atoms with Crippen LogP contribution in [-0.4, -0.2) is 15.6 Å². The van der Waals surface area contributed by atoms with E-state index in [9.17, 15) is 9.59 Å². The molecule has 4 nitrogen and oxygen atoms in total. The van der Waals surface area contributed by atoms with Gasteiger partial charge in [-0.15, -0.1) is 0 Å². The van der Waals surface area contributed by atoms with Crippen LogP contribution < -0.4 is 4.87 Å². The number of aliphatic carboxylic acids is 1. The topological polar surface area (TPSA) is 59.3 Å². The Morgan fingerprint density at radius 1 is 1.25 bits per heavy atom. The fourth-order valence-corrected chi connectivity index (χ4v) is 3.05. The van der Waals surface area contributed by atoms with Crippen LogP contribution >= 0.6 is 11.3 Å². The molecule has 20 heavy (non-hydrogen) atoms. The van der Waals surface area contributed by atoms with Crippen LogP contribution in [0.5, 0.6) is 0 Å². The predicted octanol–water partition coefficient (Wildman–Crippen LogP) is 2.98. The summed E-state index contributed by atoms with van der Waals surface area (Å²) in [6, 6.07) is 6.04. The molecule has 0 bridgehead atoms. The van der Waals surface area contributed by atoms with Crippen molar-refractivity contribution in [1.29, 1.82) is 0 Å². The summed E-state index contributed by atoms with van der Waals surface area (Å²) in [5.74, 6) is -0.896. The number of hydrogen-bond acceptors (Lipinski definition) is 3. The Labute approximate surface area is 121 Å². The van der Waals surface area contributed by atoms with Gasteiger partial charge in [0.2, 0.25) is 0 Å². The van der Waals surface area contributed by atoms with Crippen LogP contribution in [0, 0.1) is 20.8 Å². The van der Waals surface area contributed by atoms with E-state index in [2.05, 4.69) is 0 Å². The molecule has 0 aliphatic carbocycles. The van der Waals surface area contributed by atoms with Crippen molar-refractivity contribution in [3.63, 3.8) is 0 Å². The highest BCUT2D eigenvalue weighted by molar-refractivity contribution is 7.09. The summed E-state index contributed by atoms with van der Waals surface area (Å²) in [6.45, 7) is 6.17. The molecule has 106 valence electrons. The van der Waals surface area contributed by atoms with Gasteiger partial charge in [0.05, 0.1) is 12.1 Å². The van der Waals surface area contributed by atoms with E-state index in [4.69, 9.17) is 5.11 Å². The lowest BCUT2D eigenvalue weighted by Gasteiger charge is -2.10. The van der Waals surface area contributed by atoms with Crippen molar-refractivity contribution in [2.45, 2.75) is 33.7 Å². The fraction of sp³-hybridized carbons (Fsp3) is 0.333. The van der Waals surface area contributed by atoms with Crippen molar-refractivity contribution in [3.05, 3.63) is 43.9 Å². The molecule has 1 N–H and O–H groups in total. The Hall–Kier alpha value is -1.88. The summed E-state index contributed by atoms with van der Waals surface area (Å²) >= 11 is 1.17. The van der Waals surface area contributed by atoms with Crippen molar-refractivity contribution < 1.29 is 9.90 Å². The molecule has 0 amide bonds. The number of carboxylic acid groups (broad SMARTS) is 1. The number of carboxylic acids is 1. The van der Waals surface area contributed by atoms with Gasteiger partial charge in [-0.25, -0.2) is 0 Å². The molecule has 0 aliphatic heterocycles. The van der Waals surface area contributed by atoms with Crippen molar-refractivity contribution in [2.24, 2.45) is 0 Å². The summed E-state index contributed by atoms with van der Waals surface area (Å²) in [6.07, 6.45) is -0.0477. The minimum Gasteiger partial charge on any atom is -0.481 e. The number of aryl methyl sites for hydroxylation is 3. The monoisotopic (exact) mass is 291 g/mol. The first-order valence-electron chi connectivity index (χ1n) is 6.40. The standard InChI is InChI=1S/C15H17NO3S/c1-9-4-5-12(8-10(9)2)14-11(3)20-15(19)16(14)7-6-13(17)18/h4-5,8H,6-7H2,1-3H3,(H,17,18). The summed E-state index contributed by atoms with van der Waals surface area (Å²) in [5, 5.41) is 8.80. The Balaban J connectivity index is 2.52. The SMILES string of the molecule is Cc1ccc(-c2c(C)sc(=O)n2CCC(=O)O)cc1C. The normalized spacial score (nSPS) is 10.8. The first-order valence-corrected chi connectivity index (χ1v) is 7.21. The third-order valence-electron chi connectivity index (χ3n) is 3.39. The lowest BCUT2D eigenvalue weighted by molar-refractivity contribution is -0.137. The van der Waals surface area contributed by atoms with Gasteiger partial charge in [-0.3, -0.25) is 14.2 Å². The highest BCUT2D eigenvalue weighted by atomic mass is 32.1. The highest BCUT2D eigenvalue weighted by Crippen LogP contribution is 2.27. The summed E-state index contributed by atoms with van der Waals surface area (Å²) in [7, 11) is 0. The van der Waals surface area contributed by atoms with Crippen LogP contribution in [0.25, 0.3) is 11.3 Å². The third kappa shape index (κ3) is 2.82. The summed E-state index contributed by atoms with van der Waals surface area (Å²) in [4.78, 5) is 23.5. The first-order chi connectivity index (χ1) is 9.40. The van der Waals surface area contributed by atoms with Crippen LogP contribution in [0.4, 0.5) is 0 Å². The minimum atomic E-state index is -0.896. The lowest BCUT2D eigenvalue weighted by atomic mass is 10.0. The molecule has 0 aliphatic rings. The van der Waals surface area contributed by atoms with Gasteiger partial charge in [-0.2, -0.15) is 0 Å². The molecule has 0 atom stereocenters. The molecule has 0 radical (unpaired) electrons. The Bertz CT molecular complexity index is 712. The van der Waals surface area contributed by atoms with Gasteiger partial charge in [0.1, 0.15) is 0 Å². The molecule has 1 aromatic carbocycles. The van der Waals surface area contributed by atoms with E-state index in [0.717, 1.165) is 21.7 Å². The van der Waals surface area contributed by atoms with Gasteiger partial charge in [-0.1, -0.05) is 23.5 Å². The minimum absolute atomic E-state index is 0.0477. The zero-order chi connectivity index (χ0) is 14.9. The molecule has 2 rings (SSSR count). The van der Waals surface area contributed by atoms with Gasteiger partial charge in [0.25, 0.3) is 0 Å². The van der Waals surface area contributed by atoms with Crippen LogP contribution in [0.2, 0.25) is 0 Å². The van der Waals surface area contributed by atoms with E-state index in [1.807, 2.05) is 39.0 Å². The first kappa shape index (κ1) is 14.5. The third-order valence-corrected chi connectivity index (χ3v) is 4.29. The Kier molecular flexibility index (Phi) is 4.09. The van der Waals surface area contributed by atoms with Gasteiger partial charge in [-0.05, 0) is 43.5 Å². The van der Waals surface area contributed by atoms with E-state index >= 15 is 0 Å². The Morgan fingerprint density at radius 2 is 1.95 bits per heavy atom. The second-order valence-corrected chi connectivity index (χ2v) is 6.03. The van der Waals surface area contributed by atoms with Gasteiger partial charge in [0, 0.05) is 11.4 Å². The molecule has 1 heterocycles. The summed E-state index contributed by atoms with van der Waals surface area (Å²) in [5.41, 5.74) is 4.16. The van der Waals surface area contributed by atoms with Gasteiger partial charge >= 0.3 is 10.8 Å². The highest BCUT2D eigenvalue weighted by Gasteiger charge is 2.15. The number of nitrogens with zero attached hydrogens (tertiary/aromatic N) is 1. The molecule has 1 aromatic heterocycles. The largest absolute Gasteiger partial charge is 0.481 e. The number of carbonyl (C=O) groups is 1. The second-order valence-electron chi connectivity index (χ2n) is 4.87. The number of rotatable bonds is 4. The second kappa shape index (κ2) is 5.63. The Morgan fingerprint density at radius 3 is 2.55 bits per heavy atom. The quantitative estimate of drug-likeness (QED) is 0.942. The molecule has 2 aromatic rings. The van der Waals surface area contributed by atoms with E-state index in [-0.39, 0.29) is 17.8 Å². The maximum absolute atomic E-state index is 12.0. The lowest BCUT2D eigenvalue weighted by Crippen LogP contribution is -2.16. The maximum atomic E-state index is 12.0. The molecule has 0 unspecified atom stereocenters. The van der Waals surface area contributed by atoms with Crippen LogP contribution in [0.1, 0.15) is 22.4 Å². The zero-order valence-corrected chi connectivity index (χ0v) is 12.6. The van der Waals surface area contributed by atoms with Crippen molar-refractivity contribution >= 4 is 17.3 Å². The molecule has 0 spiro atoms. The molecule has 0 saturated heterocycles. The van der Waals surface area contributed by atoms with E-state index < -0.39 is 5.97 Å². The van der Waals surface area contributed by atoms with E-state index in [1.54, 1.807) is 4.57 Å². The van der Waals surface area contributed by atoms with Crippen molar-refractivity contribution in [2.75, 3.05) is 0 Å². The van der Waals surface area contributed by atoms with E-state index in [1.165, 1.54) is 16.9 Å². The number of aromatic nitrogens is 1. The smallest absolute Gasteiger partial charge is 0.307 e. The van der Waals surface area contributed by atoms with Crippen molar-refractivity contribution in [1.82, 2.24) is 4.57 Å². The van der Waals surface area contributed by atoms with Crippen LogP contribution in [-0.2, 0) is 11.3 Å². The number of benzene rings is 1. The van der Waals surface area contributed by atoms with Crippen LogP contribution in [0.3, 0.4) is 0 Å².